The van der Waals surface area contributed by atoms with Gasteiger partial charge in [-0.1, -0.05) is 138 Å². The van der Waals surface area contributed by atoms with E-state index in [1.54, 1.807) is 0 Å². The molecule has 2 aromatic heterocycles. The monoisotopic (exact) mass is 522 g/mol. The van der Waals surface area contributed by atoms with Crippen LogP contribution in [0.4, 0.5) is 0 Å². The molecule has 0 fully saturated rings. The molecule has 2 heteroatoms. The number of aryl methyl sites for hydroxylation is 2. The van der Waals surface area contributed by atoms with E-state index in [0.29, 0.717) is 0 Å². The topological polar surface area (TPSA) is 0 Å². The van der Waals surface area contributed by atoms with Crippen molar-refractivity contribution < 1.29 is 0 Å². The van der Waals surface area contributed by atoms with Crippen LogP contribution in [0.5, 0.6) is 0 Å². The second-order valence-electron chi connectivity index (χ2n) is 9.50. The Kier molecular flexibility index (Phi) is 7.02. The van der Waals surface area contributed by atoms with E-state index >= 15 is 0 Å². The van der Waals surface area contributed by atoms with Gasteiger partial charge in [-0.05, 0) is 81.1 Å². The Bertz CT molecular complexity index is 1560. The second-order valence-corrected chi connectivity index (χ2v) is 12.2. The number of hydrogen-bond acceptors (Lipinski definition) is 0. The highest BCUT2D eigenvalue weighted by Crippen LogP contribution is 2.50. The van der Waals surface area contributed by atoms with E-state index in [0.717, 1.165) is 0 Å². The first-order valence-electron chi connectivity index (χ1n) is 12.9. The Morgan fingerprint density at radius 3 is 0.974 bits per heavy atom. The molecule has 0 aliphatic carbocycles. The molecule has 6 aromatic rings. The lowest BCUT2D eigenvalue weighted by molar-refractivity contribution is 1.50. The van der Waals surface area contributed by atoms with Crippen molar-refractivity contribution in [3.05, 3.63) is 144 Å². The quantitative estimate of drug-likeness (QED) is 0.211. The van der Waals surface area contributed by atoms with E-state index in [2.05, 4.69) is 147 Å². The fourth-order valence-electron chi connectivity index (χ4n) is 5.18. The summed E-state index contributed by atoms with van der Waals surface area (Å²) in [6.07, 6.45) is 0. The summed E-state index contributed by atoms with van der Waals surface area (Å²) in [6.45, 7) is 4.62. The van der Waals surface area contributed by atoms with Crippen molar-refractivity contribution in [2.45, 2.75) is 13.8 Å². The lowest BCUT2D eigenvalue weighted by atomic mass is 9.89. The van der Waals surface area contributed by atoms with Crippen LogP contribution in [0.1, 0.15) is 10.6 Å². The largest absolute Gasteiger partial charge is 0.0639 e. The van der Waals surface area contributed by atoms with Crippen molar-refractivity contribution in [2.75, 3.05) is 0 Å². The maximum atomic E-state index is 2.42. The molecule has 0 aliphatic rings. The van der Waals surface area contributed by atoms with Crippen molar-refractivity contribution in [1.82, 2.24) is 0 Å². The zero-order valence-corrected chi connectivity index (χ0v) is 23.4. The van der Waals surface area contributed by atoms with Gasteiger partial charge in [0.05, 0.1) is 0 Å². The van der Waals surface area contributed by atoms with Crippen molar-refractivity contribution in [3.8, 4) is 55.1 Å². The highest BCUT2D eigenvalue weighted by Gasteiger charge is 2.20. The lowest BCUT2D eigenvalue weighted by Gasteiger charge is -2.21. The molecule has 0 amide bonds. The summed E-state index contributed by atoms with van der Waals surface area (Å²) >= 11 is 0. The molecule has 0 atom stereocenters. The molecule has 0 bridgehead atoms. The molecular weight excluding hydrogens is 494 g/mol. The van der Waals surface area contributed by atoms with Gasteiger partial charge >= 0.3 is 0 Å². The van der Waals surface area contributed by atoms with Gasteiger partial charge in [0.25, 0.3) is 0 Å². The average molecular weight is 523 g/mol. The van der Waals surface area contributed by atoms with Crippen molar-refractivity contribution in [2.24, 2.45) is 0 Å². The SMILES string of the molecule is Cc1pc(-c2ccccc2)cc(-c2ccccc2)c1-c1c(-c2ccccc2)cc(-c2ccccc2)pc1C. The molecule has 38 heavy (non-hydrogen) atoms. The highest BCUT2D eigenvalue weighted by atomic mass is 31.0. The maximum Gasteiger partial charge on any atom is 0.00993 e. The van der Waals surface area contributed by atoms with E-state index in [1.807, 2.05) is 0 Å². The predicted molar refractivity (Wildman–Crippen MR) is 168 cm³/mol. The van der Waals surface area contributed by atoms with Gasteiger partial charge in [0.15, 0.2) is 0 Å². The van der Waals surface area contributed by atoms with E-state index in [-0.39, 0.29) is 0 Å². The van der Waals surface area contributed by atoms with Crippen LogP contribution in [-0.2, 0) is 0 Å². The van der Waals surface area contributed by atoms with Gasteiger partial charge in [0, 0.05) is 10.6 Å². The van der Waals surface area contributed by atoms with Gasteiger partial charge in [-0.15, -0.1) is 0 Å². The molecule has 0 N–H and O–H groups in total. The second kappa shape index (κ2) is 10.9. The minimum atomic E-state index is 1.26. The number of hydrogen-bond donors (Lipinski definition) is 0. The summed E-state index contributed by atoms with van der Waals surface area (Å²) in [6, 6.07) is 48.2. The average Bonchev–Trinajstić information content (AvgIpc) is 2.98. The van der Waals surface area contributed by atoms with E-state index in [9.17, 15) is 0 Å². The molecule has 0 spiro atoms. The molecule has 0 aliphatic heterocycles. The van der Waals surface area contributed by atoms with Crippen molar-refractivity contribution >= 4 is 16.4 Å². The van der Waals surface area contributed by atoms with Crippen molar-refractivity contribution in [1.29, 1.82) is 0 Å². The van der Waals surface area contributed by atoms with Crippen LogP contribution in [0, 0.1) is 13.8 Å². The summed E-state index contributed by atoms with van der Waals surface area (Å²) in [5.41, 5.74) is 10.4. The maximum absolute atomic E-state index is 2.42. The minimum absolute atomic E-state index is 1.26. The molecule has 0 nitrogen and oxygen atoms in total. The first kappa shape index (κ1) is 24.5. The Balaban J connectivity index is 1.67. The van der Waals surface area contributed by atoms with Crippen LogP contribution in [0.15, 0.2) is 133 Å². The smallest absolute Gasteiger partial charge is 0.00993 e. The standard InChI is InChI=1S/C36H28P2/c1-25-35(31(27-15-7-3-8-16-27)23-33(37-25)29-19-11-5-12-20-29)36-26(2)38-34(30-21-13-6-14-22-30)24-32(36)28-17-9-4-10-18-28/h3-24H,1-2H3. The lowest BCUT2D eigenvalue weighted by Crippen LogP contribution is -1.94. The van der Waals surface area contributed by atoms with E-state index in [1.165, 1.54) is 82.1 Å². The third-order valence-corrected chi connectivity index (χ3v) is 9.33. The summed E-state index contributed by atoms with van der Waals surface area (Å²) in [7, 11) is 2.52. The fraction of sp³-hybridized carbons (Fsp3) is 0.0556. The molecule has 0 saturated carbocycles. The Morgan fingerprint density at radius 1 is 0.368 bits per heavy atom. The molecule has 0 radical (unpaired) electrons. The summed E-state index contributed by atoms with van der Waals surface area (Å²) in [4.78, 5) is 0. The van der Waals surface area contributed by atoms with Crippen LogP contribution < -0.4 is 0 Å². The third kappa shape index (κ3) is 4.87. The summed E-state index contributed by atoms with van der Waals surface area (Å²) in [5.74, 6) is 0. The minimum Gasteiger partial charge on any atom is -0.0639 e. The Hall–Kier alpha value is -3.82. The first-order chi connectivity index (χ1) is 18.7. The molecule has 6 rings (SSSR count). The summed E-state index contributed by atoms with van der Waals surface area (Å²) < 4.78 is 0. The van der Waals surface area contributed by atoms with Crippen LogP contribution in [0.25, 0.3) is 55.1 Å². The number of benzene rings is 4. The van der Waals surface area contributed by atoms with Gasteiger partial charge in [-0.25, -0.2) is 0 Å². The van der Waals surface area contributed by atoms with Gasteiger partial charge in [-0.2, -0.15) is 0 Å². The zero-order chi connectivity index (χ0) is 25.9. The van der Waals surface area contributed by atoms with Crippen molar-refractivity contribution in [3.63, 3.8) is 0 Å². The van der Waals surface area contributed by atoms with Gasteiger partial charge < -0.3 is 0 Å². The van der Waals surface area contributed by atoms with Crippen LogP contribution in [0.2, 0.25) is 0 Å². The molecule has 0 saturated heterocycles. The predicted octanol–water partition coefficient (Wildman–Crippen LogP) is 11.8. The van der Waals surface area contributed by atoms with Crippen LogP contribution >= 0.6 is 16.4 Å². The normalized spacial score (nSPS) is 11.3. The Morgan fingerprint density at radius 2 is 0.658 bits per heavy atom. The fourth-order valence-corrected chi connectivity index (χ4v) is 7.54. The molecular formula is C36H28P2. The zero-order valence-electron chi connectivity index (χ0n) is 21.6. The molecule has 4 aromatic carbocycles. The third-order valence-electron chi connectivity index (χ3n) is 6.96. The molecule has 0 unspecified atom stereocenters. The van der Waals surface area contributed by atoms with Gasteiger partial charge in [-0.3, -0.25) is 0 Å². The van der Waals surface area contributed by atoms with Crippen LogP contribution in [0.3, 0.4) is 0 Å². The van der Waals surface area contributed by atoms with Gasteiger partial charge in [0.1, 0.15) is 0 Å². The van der Waals surface area contributed by atoms with Crippen LogP contribution in [-0.4, -0.2) is 0 Å². The van der Waals surface area contributed by atoms with Gasteiger partial charge in [0.2, 0.25) is 0 Å². The molecule has 182 valence electrons. The molecule has 2 heterocycles. The highest BCUT2D eigenvalue weighted by molar-refractivity contribution is 7.35. The van der Waals surface area contributed by atoms with E-state index in [4.69, 9.17) is 0 Å². The first-order valence-corrected chi connectivity index (χ1v) is 14.7. The Labute approximate surface area is 228 Å². The number of rotatable bonds is 5. The van der Waals surface area contributed by atoms with E-state index < -0.39 is 0 Å². The summed E-state index contributed by atoms with van der Waals surface area (Å²) in [5, 5.41) is 5.47.